The van der Waals surface area contributed by atoms with Crippen LogP contribution in [0.4, 0.5) is 10.5 Å². The van der Waals surface area contributed by atoms with E-state index in [4.69, 9.17) is 0 Å². The van der Waals surface area contributed by atoms with Gasteiger partial charge in [0.25, 0.3) is 0 Å². The molecular formula is C18H22N6O. The minimum Gasteiger partial charge on any atom is -0.346 e. The van der Waals surface area contributed by atoms with E-state index >= 15 is 0 Å². The number of aromatic nitrogens is 4. The lowest BCUT2D eigenvalue weighted by molar-refractivity contribution is 0.194. The van der Waals surface area contributed by atoms with Crippen molar-refractivity contribution in [2.45, 2.75) is 32.6 Å². The molecular weight excluding hydrogens is 316 g/mol. The molecule has 3 N–H and O–H groups in total. The molecule has 0 saturated carbocycles. The summed E-state index contributed by atoms with van der Waals surface area (Å²) in [7, 11) is 0. The Hall–Kier alpha value is -2.83. The molecule has 0 unspecified atom stereocenters. The number of rotatable bonds is 2. The first-order valence-corrected chi connectivity index (χ1v) is 8.63. The van der Waals surface area contributed by atoms with Gasteiger partial charge in [0.2, 0.25) is 0 Å². The molecule has 1 aliphatic heterocycles. The highest BCUT2D eigenvalue weighted by Gasteiger charge is 2.26. The van der Waals surface area contributed by atoms with Crippen molar-refractivity contribution in [2.24, 2.45) is 0 Å². The van der Waals surface area contributed by atoms with E-state index in [-0.39, 0.29) is 6.03 Å². The summed E-state index contributed by atoms with van der Waals surface area (Å²) in [4.78, 5) is 22.0. The number of piperidine rings is 1. The van der Waals surface area contributed by atoms with Gasteiger partial charge in [-0.05, 0) is 50.3 Å². The number of hydrogen-bond donors (Lipinski definition) is 3. The Balaban J connectivity index is 1.42. The van der Waals surface area contributed by atoms with Crippen LogP contribution < -0.4 is 5.32 Å². The van der Waals surface area contributed by atoms with Crippen molar-refractivity contribution in [2.75, 3.05) is 18.4 Å². The van der Waals surface area contributed by atoms with E-state index in [1.165, 1.54) is 10.9 Å². The summed E-state index contributed by atoms with van der Waals surface area (Å²) < 4.78 is 0. The predicted octanol–water partition coefficient (Wildman–Crippen LogP) is 3.31. The lowest BCUT2D eigenvalue weighted by atomic mass is 9.89. The van der Waals surface area contributed by atoms with Gasteiger partial charge in [-0.2, -0.15) is 5.10 Å². The second-order valence-electron chi connectivity index (χ2n) is 6.64. The molecule has 0 aliphatic carbocycles. The van der Waals surface area contributed by atoms with Gasteiger partial charge in [-0.15, -0.1) is 0 Å². The Morgan fingerprint density at radius 3 is 2.84 bits per heavy atom. The predicted molar refractivity (Wildman–Crippen MR) is 96.7 cm³/mol. The zero-order valence-electron chi connectivity index (χ0n) is 14.5. The first-order valence-electron chi connectivity index (χ1n) is 8.63. The molecule has 0 radical (unpaired) electrons. The maximum absolute atomic E-state index is 12.5. The molecule has 4 rings (SSSR count). The number of H-pyrrole nitrogens is 2. The molecule has 7 nitrogen and oxygen atoms in total. The lowest BCUT2D eigenvalue weighted by Gasteiger charge is -2.32. The number of carbonyl (C=O) groups is 1. The standard InChI is InChI=1S/C18H22N6O/c1-11-16(12(2)23-22-11)21-18(25)24-8-5-13(6-9-24)15-10-20-17-14(15)4-3-7-19-17/h3-4,7,10,13H,5-6,8-9H2,1-2H3,(H,19,20)(H,21,25)(H,22,23). The molecule has 1 fully saturated rings. The first kappa shape index (κ1) is 15.7. The first-order chi connectivity index (χ1) is 12.1. The van der Waals surface area contributed by atoms with Gasteiger partial charge in [-0.1, -0.05) is 0 Å². The number of nitrogens with zero attached hydrogens (tertiary/aromatic N) is 3. The van der Waals surface area contributed by atoms with Crippen LogP contribution in [0.25, 0.3) is 11.0 Å². The quantitative estimate of drug-likeness (QED) is 0.669. The van der Waals surface area contributed by atoms with E-state index in [0.717, 1.165) is 48.7 Å². The Morgan fingerprint density at radius 2 is 2.12 bits per heavy atom. The molecule has 0 spiro atoms. The minimum absolute atomic E-state index is 0.0494. The summed E-state index contributed by atoms with van der Waals surface area (Å²) in [6.45, 7) is 5.29. The number of aromatic amines is 2. The molecule has 0 bridgehead atoms. The van der Waals surface area contributed by atoms with Crippen LogP contribution in [0, 0.1) is 13.8 Å². The van der Waals surface area contributed by atoms with Crippen LogP contribution in [0.2, 0.25) is 0 Å². The van der Waals surface area contributed by atoms with E-state index in [9.17, 15) is 4.79 Å². The van der Waals surface area contributed by atoms with Gasteiger partial charge >= 0.3 is 6.03 Å². The summed E-state index contributed by atoms with van der Waals surface area (Å²) in [5, 5.41) is 11.2. The number of nitrogens with one attached hydrogen (secondary N) is 3. The molecule has 3 aromatic heterocycles. The van der Waals surface area contributed by atoms with Crippen molar-refractivity contribution in [1.29, 1.82) is 0 Å². The summed E-state index contributed by atoms with van der Waals surface area (Å²) in [6, 6.07) is 4.03. The van der Waals surface area contributed by atoms with E-state index < -0.39 is 0 Å². The van der Waals surface area contributed by atoms with Crippen molar-refractivity contribution >= 4 is 22.8 Å². The number of aryl methyl sites for hydroxylation is 2. The highest BCUT2D eigenvalue weighted by atomic mass is 16.2. The SMILES string of the molecule is Cc1n[nH]c(C)c1NC(=O)N1CCC(c2c[nH]c3ncccc23)CC1. The summed E-state index contributed by atoms with van der Waals surface area (Å²) in [5.41, 5.74) is 4.72. The fraction of sp³-hybridized carbons (Fsp3) is 0.389. The van der Waals surface area contributed by atoms with Crippen LogP contribution in [0.15, 0.2) is 24.5 Å². The molecule has 3 aromatic rings. The van der Waals surface area contributed by atoms with E-state index in [2.05, 4.69) is 37.7 Å². The van der Waals surface area contributed by atoms with Crippen molar-refractivity contribution in [1.82, 2.24) is 25.1 Å². The number of pyridine rings is 1. The zero-order chi connectivity index (χ0) is 17.4. The van der Waals surface area contributed by atoms with Crippen LogP contribution >= 0.6 is 0 Å². The molecule has 1 aliphatic rings. The molecule has 1 saturated heterocycles. The Labute approximate surface area is 145 Å². The molecule has 130 valence electrons. The average molecular weight is 338 g/mol. The zero-order valence-corrected chi connectivity index (χ0v) is 14.5. The normalized spacial score (nSPS) is 15.7. The fourth-order valence-corrected chi connectivity index (χ4v) is 3.63. The van der Waals surface area contributed by atoms with Crippen molar-refractivity contribution < 1.29 is 4.79 Å². The highest BCUT2D eigenvalue weighted by Crippen LogP contribution is 2.32. The van der Waals surface area contributed by atoms with Crippen LogP contribution in [0.3, 0.4) is 0 Å². The Bertz CT molecular complexity index is 884. The van der Waals surface area contributed by atoms with Gasteiger partial charge < -0.3 is 15.2 Å². The summed E-state index contributed by atoms with van der Waals surface area (Å²) in [5.74, 6) is 0.458. The molecule has 0 atom stereocenters. The topological polar surface area (TPSA) is 89.7 Å². The Morgan fingerprint density at radius 1 is 1.32 bits per heavy atom. The van der Waals surface area contributed by atoms with Gasteiger partial charge in [-0.3, -0.25) is 5.10 Å². The second-order valence-corrected chi connectivity index (χ2v) is 6.64. The number of likely N-dealkylation sites (tertiary alicyclic amines) is 1. The smallest absolute Gasteiger partial charge is 0.321 e. The molecule has 0 aromatic carbocycles. The Kier molecular flexibility index (Phi) is 3.91. The maximum atomic E-state index is 12.5. The molecule has 25 heavy (non-hydrogen) atoms. The van der Waals surface area contributed by atoms with E-state index in [0.29, 0.717) is 5.92 Å². The summed E-state index contributed by atoms with van der Waals surface area (Å²) >= 11 is 0. The largest absolute Gasteiger partial charge is 0.346 e. The van der Waals surface area contributed by atoms with Crippen molar-refractivity contribution in [3.05, 3.63) is 41.5 Å². The van der Waals surface area contributed by atoms with Crippen LogP contribution in [0.1, 0.15) is 35.7 Å². The van der Waals surface area contributed by atoms with Crippen LogP contribution in [-0.2, 0) is 0 Å². The fourth-order valence-electron chi connectivity index (χ4n) is 3.63. The van der Waals surface area contributed by atoms with Gasteiger partial charge in [-0.25, -0.2) is 9.78 Å². The number of anilines is 1. The molecule has 4 heterocycles. The highest BCUT2D eigenvalue weighted by molar-refractivity contribution is 5.90. The monoisotopic (exact) mass is 338 g/mol. The van der Waals surface area contributed by atoms with Crippen LogP contribution in [0.5, 0.6) is 0 Å². The van der Waals surface area contributed by atoms with Crippen molar-refractivity contribution in [3.8, 4) is 0 Å². The number of hydrogen-bond acceptors (Lipinski definition) is 3. The number of carbonyl (C=O) groups excluding carboxylic acids is 1. The lowest BCUT2D eigenvalue weighted by Crippen LogP contribution is -2.40. The van der Waals surface area contributed by atoms with Gasteiger partial charge in [0.1, 0.15) is 5.65 Å². The van der Waals surface area contributed by atoms with E-state index in [1.807, 2.05) is 24.8 Å². The van der Waals surface area contributed by atoms with Crippen molar-refractivity contribution in [3.63, 3.8) is 0 Å². The number of amides is 2. The third kappa shape index (κ3) is 2.86. The number of urea groups is 1. The maximum Gasteiger partial charge on any atom is 0.321 e. The average Bonchev–Trinajstić information content (AvgIpc) is 3.20. The minimum atomic E-state index is -0.0494. The summed E-state index contributed by atoms with van der Waals surface area (Å²) in [6.07, 6.45) is 5.78. The van der Waals surface area contributed by atoms with E-state index in [1.54, 1.807) is 6.20 Å². The third-order valence-corrected chi connectivity index (χ3v) is 5.07. The molecule has 2 amide bonds. The molecule has 7 heteroatoms. The van der Waals surface area contributed by atoms with Gasteiger partial charge in [0, 0.05) is 30.9 Å². The van der Waals surface area contributed by atoms with Gasteiger partial charge in [0.05, 0.1) is 17.1 Å². The number of fused-ring (bicyclic) bond motifs is 1. The van der Waals surface area contributed by atoms with Gasteiger partial charge in [0.15, 0.2) is 0 Å². The third-order valence-electron chi connectivity index (χ3n) is 5.07. The second kappa shape index (κ2) is 6.23. The van der Waals surface area contributed by atoms with Crippen LogP contribution in [-0.4, -0.2) is 44.2 Å².